The van der Waals surface area contributed by atoms with Gasteiger partial charge in [0.25, 0.3) is 0 Å². The van der Waals surface area contributed by atoms with Crippen molar-refractivity contribution in [3.63, 3.8) is 0 Å². The van der Waals surface area contributed by atoms with Crippen LogP contribution in [0.1, 0.15) is 12.1 Å². The lowest BCUT2D eigenvalue weighted by Crippen LogP contribution is -2.44. The third-order valence-corrected chi connectivity index (χ3v) is 5.50. The zero-order valence-electron chi connectivity index (χ0n) is 11.9. The molecule has 4 rings (SSSR count). The van der Waals surface area contributed by atoms with E-state index in [9.17, 15) is 0 Å². The Morgan fingerprint density at radius 1 is 1.33 bits per heavy atom. The van der Waals surface area contributed by atoms with Crippen molar-refractivity contribution in [3.05, 3.63) is 17.3 Å². The summed E-state index contributed by atoms with van der Waals surface area (Å²) < 4.78 is 7.57. The molecule has 0 amide bonds. The first-order valence-electron chi connectivity index (χ1n) is 7.44. The number of aromatic nitrogens is 2. The molecule has 4 heterocycles. The fourth-order valence-electron chi connectivity index (χ4n) is 3.37. The maximum absolute atomic E-state index is 6.16. The Labute approximate surface area is 133 Å². The van der Waals surface area contributed by atoms with Crippen LogP contribution in [0.15, 0.2) is 11.6 Å². The normalized spacial score (nSPS) is 24.2. The second-order valence-electron chi connectivity index (χ2n) is 5.61. The highest BCUT2D eigenvalue weighted by atomic mass is 35.5. The minimum Gasteiger partial charge on any atom is -0.379 e. The van der Waals surface area contributed by atoms with Crippen LogP contribution in [-0.4, -0.2) is 59.7 Å². The van der Waals surface area contributed by atoms with E-state index in [4.69, 9.17) is 21.3 Å². The van der Waals surface area contributed by atoms with Gasteiger partial charge in [-0.25, -0.2) is 4.98 Å². The quantitative estimate of drug-likeness (QED) is 0.808. The molecule has 2 saturated heterocycles. The predicted molar refractivity (Wildman–Crippen MR) is 85.6 cm³/mol. The summed E-state index contributed by atoms with van der Waals surface area (Å²) in [7, 11) is 0. The van der Waals surface area contributed by atoms with E-state index in [0.29, 0.717) is 11.9 Å². The van der Waals surface area contributed by atoms with Crippen LogP contribution in [0.4, 0.5) is 5.82 Å². The van der Waals surface area contributed by atoms with Gasteiger partial charge in [0, 0.05) is 43.8 Å². The van der Waals surface area contributed by atoms with E-state index in [1.165, 1.54) is 6.42 Å². The minimum absolute atomic E-state index is 0.506. The molecule has 0 aliphatic carbocycles. The van der Waals surface area contributed by atoms with Crippen molar-refractivity contribution < 1.29 is 4.74 Å². The van der Waals surface area contributed by atoms with E-state index >= 15 is 0 Å². The summed E-state index contributed by atoms with van der Waals surface area (Å²) in [6.07, 6.45) is 3.26. The minimum atomic E-state index is 0.506. The Morgan fingerprint density at radius 2 is 2.19 bits per heavy atom. The molecule has 114 valence electrons. The van der Waals surface area contributed by atoms with Crippen LogP contribution in [-0.2, 0) is 10.6 Å². The van der Waals surface area contributed by atoms with Crippen molar-refractivity contribution in [2.24, 2.45) is 0 Å². The highest BCUT2D eigenvalue weighted by Gasteiger charge is 2.31. The number of ether oxygens (including phenoxy) is 1. The third kappa shape index (κ3) is 2.44. The van der Waals surface area contributed by atoms with E-state index in [0.717, 1.165) is 55.9 Å². The van der Waals surface area contributed by atoms with Crippen LogP contribution in [0.3, 0.4) is 0 Å². The van der Waals surface area contributed by atoms with Gasteiger partial charge in [-0.1, -0.05) is 0 Å². The van der Waals surface area contributed by atoms with E-state index < -0.39 is 0 Å². The molecule has 2 fully saturated rings. The molecule has 0 bridgehead atoms. The standard InChI is InChI=1S/C14H19ClN4OS/c15-9-12-13(16-14-19(12)5-8-21-14)18-2-1-11(10-18)17-3-6-20-7-4-17/h5,8,11H,1-4,6-7,9-10H2. The molecule has 7 heteroatoms. The van der Waals surface area contributed by atoms with Gasteiger partial charge in [0.05, 0.1) is 24.8 Å². The maximum Gasteiger partial charge on any atom is 0.195 e. The molecule has 0 saturated carbocycles. The number of halogens is 1. The van der Waals surface area contributed by atoms with Gasteiger partial charge in [-0.05, 0) is 6.42 Å². The number of anilines is 1. The largest absolute Gasteiger partial charge is 0.379 e. The molecular weight excluding hydrogens is 308 g/mol. The number of morpholine rings is 1. The summed E-state index contributed by atoms with van der Waals surface area (Å²) >= 11 is 7.83. The van der Waals surface area contributed by atoms with E-state index in [1.54, 1.807) is 11.3 Å². The molecule has 5 nitrogen and oxygen atoms in total. The third-order valence-electron chi connectivity index (χ3n) is 4.49. The number of hydrogen-bond donors (Lipinski definition) is 0. The van der Waals surface area contributed by atoms with Gasteiger partial charge < -0.3 is 9.64 Å². The monoisotopic (exact) mass is 326 g/mol. The lowest BCUT2D eigenvalue weighted by molar-refractivity contribution is 0.0209. The van der Waals surface area contributed by atoms with Crippen molar-refractivity contribution in [1.82, 2.24) is 14.3 Å². The lowest BCUT2D eigenvalue weighted by atomic mass is 10.2. The molecule has 2 aliphatic heterocycles. The molecular formula is C14H19ClN4OS. The van der Waals surface area contributed by atoms with Gasteiger partial charge in [0.15, 0.2) is 10.8 Å². The molecule has 0 aromatic carbocycles. The van der Waals surface area contributed by atoms with Crippen LogP contribution < -0.4 is 4.90 Å². The molecule has 0 N–H and O–H groups in total. The average Bonchev–Trinajstić information content (AvgIpc) is 3.22. The Morgan fingerprint density at radius 3 is 3.00 bits per heavy atom. The number of rotatable bonds is 3. The fourth-order valence-corrected chi connectivity index (χ4v) is 4.35. The zero-order chi connectivity index (χ0) is 14.2. The van der Waals surface area contributed by atoms with Crippen molar-refractivity contribution >= 4 is 33.7 Å². The number of fused-ring (bicyclic) bond motifs is 1. The molecule has 1 atom stereocenters. The van der Waals surface area contributed by atoms with Gasteiger partial charge in [-0.15, -0.1) is 22.9 Å². The van der Waals surface area contributed by atoms with Crippen molar-refractivity contribution in [2.75, 3.05) is 44.3 Å². The number of thiazole rings is 1. The van der Waals surface area contributed by atoms with Gasteiger partial charge in [-0.3, -0.25) is 9.30 Å². The van der Waals surface area contributed by atoms with Crippen LogP contribution in [0.25, 0.3) is 4.96 Å². The van der Waals surface area contributed by atoms with Gasteiger partial charge >= 0.3 is 0 Å². The molecule has 0 spiro atoms. The Bertz CT molecular complexity index is 622. The van der Waals surface area contributed by atoms with Crippen molar-refractivity contribution in [3.8, 4) is 0 Å². The Kier molecular flexibility index (Phi) is 3.79. The number of hydrogen-bond acceptors (Lipinski definition) is 5. The smallest absolute Gasteiger partial charge is 0.195 e. The average molecular weight is 327 g/mol. The first-order valence-corrected chi connectivity index (χ1v) is 8.85. The predicted octanol–water partition coefficient (Wildman–Crippen LogP) is 2.05. The van der Waals surface area contributed by atoms with Gasteiger partial charge in [0.2, 0.25) is 0 Å². The zero-order valence-corrected chi connectivity index (χ0v) is 13.4. The SMILES string of the molecule is ClCc1c(N2CCC(N3CCOCC3)C2)nc2sccn12. The summed E-state index contributed by atoms with van der Waals surface area (Å²) in [5.74, 6) is 1.58. The van der Waals surface area contributed by atoms with Crippen LogP contribution in [0, 0.1) is 0 Å². The lowest BCUT2D eigenvalue weighted by Gasteiger charge is -2.32. The number of imidazole rings is 1. The number of nitrogens with zero attached hydrogens (tertiary/aromatic N) is 4. The number of alkyl halides is 1. The van der Waals surface area contributed by atoms with Crippen molar-refractivity contribution in [1.29, 1.82) is 0 Å². The van der Waals surface area contributed by atoms with Crippen molar-refractivity contribution in [2.45, 2.75) is 18.3 Å². The highest BCUT2D eigenvalue weighted by molar-refractivity contribution is 7.15. The fraction of sp³-hybridized carbons (Fsp3) is 0.643. The van der Waals surface area contributed by atoms with Crippen LogP contribution >= 0.6 is 22.9 Å². The Balaban J connectivity index is 1.54. The molecule has 21 heavy (non-hydrogen) atoms. The first kappa shape index (κ1) is 13.8. The summed E-state index contributed by atoms with van der Waals surface area (Å²) in [6.45, 7) is 5.96. The Hall–Kier alpha value is -0.820. The maximum atomic E-state index is 6.16. The summed E-state index contributed by atoms with van der Waals surface area (Å²) in [6, 6.07) is 0.622. The highest BCUT2D eigenvalue weighted by Crippen LogP contribution is 2.29. The first-order chi connectivity index (χ1) is 10.4. The molecule has 2 aliphatic rings. The summed E-state index contributed by atoms with van der Waals surface area (Å²) in [4.78, 5) is 10.8. The molecule has 0 radical (unpaired) electrons. The molecule has 2 aromatic heterocycles. The topological polar surface area (TPSA) is 33.0 Å². The van der Waals surface area contributed by atoms with E-state index in [2.05, 4.69) is 25.8 Å². The molecule has 2 aromatic rings. The summed E-state index contributed by atoms with van der Waals surface area (Å²) in [5.41, 5.74) is 1.12. The second-order valence-corrected chi connectivity index (χ2v) is 6.75. The second kappa shape index (κ2) is 5.76. The van der Waals surface area contributed by atoms with Crippen LogP contribution in [0.2, 0.25) is 0 Å². The van der Waals surface area contributed by atoms with Gasteiger partial charge in [-0.2, -0.15) is 0 Å². The summed E-state index contributed by atoms with van der Waals surface area (Å²) in [5, 5.41) is 2.06. The molecule has 1 unspecified atom stereocenters. The van der Waals surface area contributed by atoms with Gasteiger partial charge in [0.1, 0.15) is 0 Å². The van der Waals surface area contributed by atoms with E-state index in [-0.39, 0.29) is 0 Å². The van der Waals surface area contributed by atoms with Crippen LogP contribution in [0.5, 0.6) is 0 Å². The van der Waals surface area contributed by atoms with E-state index in [1.807, 2.05) is 0 Å².